The Hall–Kier alpha value is -2.16. The SMILES string of the molecule is CN(C(=O)c1nn2c(c1Cl)N[C@H](c1ccco1)C[C@@H]2C(F)(F)F)C1CCCCC1. The fraction of sp³-hybridized carbons (Fsp3) is 0.579. The normalized spacial score (nSPS) is 22.8. The summed E-state index contributed by atoms with van der Waals surface area (Å²) in [5, 5.41) is 6.88. The average Bonchev–Trinajstić information content (AvgIpc) is 3.35. The highest BCUT2D eigenvalue weighted by Crippen LogP contribution is 2.46. The van der Waals surface area contributed by atoms with Crippen molar-refractivity contribution in [3.05, 3.63) is 34.9 Å². The topological polar surface area (TPSA) is 63.3 Å². The molecule has 0 saturated heterocycles. The van der Waals surface area contributed by atoms with Crippen molar-refractivity contribution < 1.29 is 22.4 Å². The van der Waals surface area contributed by atoms with Crippen LogP contribution in [-0.2, 0) is 0 Å². The van der Waals surface area contributed by atoms with E-state index < -0.39 is 24.2 Å². The van der Waals surface area contributed by atoms with Gasteiger partial charge < -0.3 is 14.6 Å². The number of furan rings is 1. The van der Waals surface area contributed by atoms with Crippen LogP contribution < -0.4 is 5.32 Å². The number of nitrogens with one attached hydrogen (secondary N) is 1. The molecule has 10 heteroatoms. The van der Waals surface area contributed by atoms with Crippen molar-refractivity contribution in [2.75, 3.05) is 12.4 Å². The van der Waals surface area contributed by atoms with Crippen molar-refractivity contribution >= 4 is 23.3 Å². The molecular formula is C19H22ClF3N4O2. The third-order valence-corrected chi connectivity index (χ3v) is 6.19. The summed E-state index contributed by atoms with van der Waals surface area (Å²) in [6, 6.07) is 0.633. The van der Waals surface area contributed by atoms with Crippen molar-refractivity contribution in [3.63, 3.8) is 0 Å². The van der Waals surface area contributed by atoms with Gasteiger partial charge in [0.1, 0.15) is 16.6 Å². The van der Waals surface area contributed by atoms with Crippen LogP contribution in [0.15, 0.2) is 22.8 Å². The van der Waals surface area contributed by atoms with Crippen LogP contribution in [0, 0.1) is 0 Å². The van der Waals surface area contributed by atoms with Crippen LogP contribution in [0.2, 0.25) is 5.02 Å². The zero-order valence-electron chi connectivity index (χ0n) is 15.9. The maximum absolute atomic E-state index is 13.8. The van der Waals surface area contributed by atoms with E-state index in [4.69, 9.17) is 16.0 Å². The van der Waals surface area contributed by atoms with Crippen LogP contribution in [0.25, 0.3) is 0 Å². The molecule has 6 nitrogen and oxygen atoms in total. The van der Waals surface area contributed by atoms with E-state index in [2.05, 4.69) is 10.4 Å². The molecule has 0 spiro atoms. The van der Waals surface area contributed by atoms with Gasteiger partial charge in [0.2, 0.25) is 0 Å². The molecule has 0 bridgehead atoms. The molecule has 3 heterocycles. The summed E-state index contributed by atoms with van der Waals surface area (Å²) in [6.07, 6.45) is 1.47. The highest BCUT2D eigenvalue weighted by atomic mass is 35.5. The first kappa shape index (κ1) is 20.1. The van der Waals surface area contributed by atoms with Crippen molar-refractivity contribution in [2.45, 2.75) is 62.8 Å². The van der Waals surface area contributed by atoms with Gasteiger partial charge in [-0.05, 0) is 25.0 Å². The number of carbonyl (C=O) groups excluding carboxylic acids is 1. The van der Waals surface area contributed by atoms with Gasteiger partial charge in [0.05, 0.1) is 12.3 Å². The number of hydrogen-bond donors (Lipinski definition) is 1. The quantitative estimate of drug-likeness (QED) is 0.727. The molecule has 2 atom stereocenters. The summed E-state index contributed by atoms with van der Waals surface area (Å²) in [5.74, 6) is -0.0990. The summed E-state index contributed by atoms with van der Waals surface area (Å²) in [5.41, 5.74) is -0.156. The Labute approximate surface area is 171 Å². The molecule has 1 aliphatic carbocycles. The van der Waals surface area contributed by atoms with Gasteiger partial charge in [0.25, 0.3) is 5.91 Å². The second-order valence-electron chi connectivity index (χ2n) is 7.67. The number of nitrogens with zero attached hydrogens (tertiary/aromatic N) is 3. The van der Waals surface area contributed by atoms with E-state index in [1.165, 1.54) is 6.26 Å². The van der Waals surface area contributed by atoms with Crippen LogP contribution in [0.3, 0.4) is 0 Å². The van der Waals surface area contributed by atoms with Gasteiger partial charge in [0, 0.05) is 19.5 Å². The van der Waals surface area contributed by atoms with Crippen molar-refractivity contribution in [3.8, 4) is 0 Å². The van der Waals surface area contributed by atoms with E-state index in [9.17, 15) is 18.0 Å². The van der Waals surface area contributed by atoms with Gasteiger partial charge in [-0.1, -0.05) is 30.9 Å². The van der Waals surface area contributed by atoms with E-state index in [0.717, 1.165) is 36.8 Å². The minimum absolute atomic E-state index is 0.0120. The Bertz CT molecular complexity index is 875. The molecule has 29 heavy (non-hydrogen) atoms. The minimum Gasteiger partial charge on any atom is -0.467 e. The molecule has 1 saturated carbocycles. The standard InChI is InChI=1S/C19H22ClF3N4O2/c1-26(11-6-3-2-4-7-11)18(28)16-15(20)17-24-12(13-8-5-9-29-13)10-14(19(21,22)23)27(17)25-16/h5,8-9,11-12,14,24H,2-4,6-7,10H2,1H3/t12-,14+/m0/s1. The number of hydrogen-bond acceptors (Lipinski definition) is 4. The number of alkyl halides is 3. The van der Waals surface area contributed by atoms with Crippen LogP contribution in [0.5, 0.6) is 0 Å². The predicted octanol–water partition coefficient (Wildman–Crippen LogP) is 5.19. The molecule has 4 rings (SSSR count). The molecular weight excluding hydrogens is 409 g/mol. The van der Waals surface area contributed by atoms with E-state index in [-0.39, 0.29) is 29.0 Å². The largest absolute Gasteiger partial charge is 0.467 e. The molecule has 1 amide bonds. The Morgan fingerprint density at radius 2 is 2.07 bits per heavy atom. The third kappa shape index (κ3) is 3.72. The molecule has 2 aromatic rings. The Morgan fingerprint density at radius 1 is 1.34 bits per heavy atom. The molecule has 2 aliphatic rings. The maximum atomic E-state index is 13.8. The van der Waals surface area contributed by atoms with Crippen molar-refractivity contribution in [1.82, 2.24) is 14.7 Å². The van der Waals surface area contributed by atoms with Crippen molar-refractivity contribution in [1.29, 1.82) is 0 Å². The van der Waals surface area contributed by atoms with E-state index in [1.54, 1.807) is 24.1 Å². The van der Waals surface area contributed by atoms with Gasteiger partial charge in [-0.25, -0.2) is 4.68 Å². The Kier molecular flexibility index (Phi) is 5.27. The lowest BCUT2D eigenvalue weighted by atomic mass is 9.94. The van der Waals surface area contributed by atoms with Crippen LogP contribution in [0.4, 0.5) is 19.0 Å². The van der Waals surface area contributed by atoms with Crippen LogP contribution in [-0.4, -0.2) is 39.9 Å². The lowest BCUT2D eigenvalue weighted by Crippen LogP contribution is -2.39. The first-order valence-corrected chi connectivity index (χ1v) is 10.1. The summed E-state index contributed by atoms with van der Waals surface area (Å²) < 4.78 is 47.4. The number of aromatic nitrogens is 2. The van der Waals surface area contributed by atoms with Gasteiger partial charge in [-0.3, -0.25) is 4.79 Å². The smallest absolute Gasteiger partial charge is 0.410 e. The highest BCUT2D eigenvalue weighted by molar-refractivity contribution is 6.36. The molecule has 0 unspecified atom stereocenters. The first-order valence-electron chi connectivity index (χ1n) is 9.69. The lowest BCUT2D eigenvalue weighted by Gasteiger charge is -2.32. The molecule has 1 aliphatic heterocycles. The average molecular weight is 431 g/mol. The zero-order valence-corrected chi connectivity index (χ0v) is 16.6. The number of anilines is 1. The fourth-order valence-electron chi connectivity index (χ4n) is 4.20. The van der Waals surface area contributed by atoms with Crippen molar-refractivity contribution in [2.24, 2.45) is 0 Å². The zero-order chi connectivity index (χ0) is 20.8. The second-order valence-corrected chi connectivity index (χ2v) is 8.05. The highest BCUT2D eigenvalue weighted by Gasteiger charge is 2.48. The maximum Gasteiger partial charge on any atom is 0.410 e. The fourth-order valence-corrected chi connectivity index (χ4v) is 4.46. The van der Waals surface area contributed by atoms with Gasteiger partial charge >= 0.3 is 6.18 Å². The monoisotopic (exact) mass is 430 g/mol. The third-order valence-electron chi connectivity index (χ3n) is 5.83. The van der Waals surface area contributed by atoms with E-state index in [1.807, 2.05) is 0 Å². The summed E-state index contributed by atoms with van der Waals surface area (Å²) >= 11 is 6.37. The second kappa shape index (κ2) is 7.59. The van der Waals surface area contributed by atoms with Gasteiger partial charge in [-0.15, -0.1) is 0 Å². The first-order chi connectivity index (χ1) is 13.8. The number of halogens is 4. The van der Waals surface area contributed by atoms with Crippen LogP contribution in [0.1, 0.15) is 66.9 Å². The summed E-state index contributed by atoms with van der Waals surface area (Å²) in [6.45, 7) is 0. The number of rotatable bonds is 3. The minimum atomic E-state index is -4.55. The molecule has 1 fully saturated rings. The number of amides is 1. The van der Waals surface area contributed by atoms with Gasteiger partial charge in [0.15, 0.2) is 11.7 Å². The van der Waals surface area contributed by atoms with Gasteiger partial charge in [-0.2, -0.15) is 18.3 Å². The molecule has 0 radical (unpaired) electrons. The van der Waals surface area contributed by atoms with E-state index >= 15 is 0 Å². The summed E-state index contributed by atoms with van der Waals surface area (Å²) in [4.78, 5) is 14.5. The summed E-state index contributed by atoms with van der Waals surface area (Å²) in [7, 11) is 1.66. The van der Waals surface area contributed by atoms with E-state index in [0.29, 0.717) is 5.76 Å². The predicted molar refractivity (Wildman–Crippen MR) is 101 cm³/mol. The molecule has 158 valence electrons. The lowest BCUT2D eigenvalue weighted by molar-refractivity contribution is -0.174. The molecule has 1 N–H and O–H groups in total. The Balaban J connectivity index is 1.68. The molecule has 2 aromatic heterocycles. The molecule has 0 aromatic carbocycles. The van der Waals surface area contributed by atoms with Crippen LogP contribution >= 0.6 is 11.6 Å². The Morgan fingerprint density at radius 3 is 2.69 bits per heavy atom. The number of carbonyl (C=O) groups is 1. The number of fused-ring (bicyclic) bond motifs is 1.